The summed E-state index contributed by atoms with van der Waals surface area (Å²) in [7, 11) is 0. The molecule has 0 bridgehead atoms. The van der Waals surface area contributed by atoms with Crippen LogP contribution in [-0.4, -0.2) is 46.2 Å². The van der Waals surface area contributed by atoms with E-state index >= 15 is 0 Å². The van der Waals surface area contributed by atoms with Crippen molar-refractivity contribution in [2.75, 3.05) is 31.1 Å². The molecule has 0 aliphatic carbocycles. The Bertz CT molecular complexity index is 512. The molecule has 0 unspecified atom stereocenters. The lowest BCUT2D eigenvalue weighted by Gasteiger charge is -2.20. The molecule has 7 heteroatoms. The van der Waals surface area contributed by atoms with Crippen LogP contribution in [-0.2, 0) is 6.54 Å². The van der Waals surface area contributed by atoms with Crippen LogP contribution in [0.2, 0.25) is 0 Å². The van der Waals surface area contributed by atoms with E-state index in [1.165, 1.54) is 0 Å². The highest BCUT2D eigenvalue weighted by atomic mass is 32.1. The zero-order valence-electron chi connectivity index (χ0n) is 10.9. The third kappa shape index (κ3) is 3.10. The highest BCUT2D eigenvalue weighted by Gasteiger charge is 2.18. The molecule has 0 spiro atoms. The monoisotopic (exact) mass is 279 g/mol. The van der Waals surface area contributed by atoms with Crippen LogP contribution in [0.25, 0.3) is 0 Å². The van der Waals surface area contributed by atoms with Crippen LogP contribution in [0.15, 0.2) is 16.1 Å². The summed E-state index contributed by atoms with van der Waals surface area (Å²) < 4.78 is 5.01. The Kier molecular flexibility index (Phi) is 3.74. The summed E-state index contributed by atoms with van der Waals surface area (Å²) in [5.41, 5.74) is 0. The second-order valence-corrected chi connectivity index (χ2v) is 5.53. The molecule has 2 aromatic heterocycles. The number of nitrogens with zero attached hydrogens (tertiary/aromatic N) is 5. The first-order chi connectivity index (χ1) is 9.31. The summed E-state index contributed by atoms with van der Waals surface area (Å²) in [5.74, 6) is 1.41. The van der Waals surface area contributed by atoms with Gasteiger partial charge in [-0.15, -0.1) is 11.3 Å². The average Bonchev–Trinajstić information content (AvgIpc) is 3.00. The van der Waals surface area contributed by atoms with E-state index in [9.17, 15) is 0 Å². The second-order valence-electron chi connectivity index (χ2n) is 4.66. The van der Waals surface area contributed by atoms with Crippen molar-refractivity contribution in [2.24, 2.45) is 0 Å². The second kappa shape index (κ2) is 5.66. The van der Waals surface area contributed by atoms with E-state index in [2.05, 4.69) is 24.9 Å². The van der Waals surface area contributed by atoms with Crippen LogP contribution < -0.4 is 4.90 Å². The van der Waals surface area contributed by atoms with Crippen LogP contribution in [0.4, 0.5) is 5.13 Å². The summed E-state index contributed by atoms with van der Waals surface area (Å²) in [6.07, 6.45) is 3.00. The average molecular weight is 279 g/mol. The lowest BCUT2D eigenvalue weighted by molar-refractivity contribution is 0.272. The molecule has 3 rings (SSSR count). The zero-order valence-corrected chi connectivity index (χ0v) is 11.8. The van der Waals surface area contributed by atoms with Crippen molar-refractivity contribution in [1.29, 1.82) is 0 Å². The van der Waals surface area contributed by atoms with Crippen molar-refractivity contribution in [3.8, 4) is 0 Å². The normalized spacial score (nSPS) is 17.6. The quantitative estimate of drug-likeness (QED) is 0.849. The van der Waals surface area contributed by atoms with Gasteiger partial charge < -0.3 is 9.42 Å². The lowest BCUT2D eigenvalue weighted by atomic mass is 10.4. The number of anilines is 1. The van der Waals surface area contributed by atoms with Gasteiger partial charge in [-0.2, -0.15) is 4.98 Å². The van der Waals surface area contributed by atoms with E-state index in [0.717, 1.165) is 50.1 Å². The molecule has 19 heavy (non-hydrogen) atoms. The minimum absolute atomic E-state index is 0.634. The van der Waals surface area contributed by atoms with Crippen LogP contribution in [0.3, 0.4) is 0 Å². The van der Waals surface area contributed by atoms with Crippen molar-refractivity contribution in [2.45, 2.75) is 19.9 Å². The van der Waals surface area contributed by atoms with Crippen molar-refractivity contribution in [1.82, 2.24) is 20.0 Å². The van der Waals surface area contributed by atoms with Gasteiger partial charge in [-0.25, -0.2) is 4.98 Å². The molecule has 0 amide bonds. The van der Waals surface area contributed by atoms with Crippen molar-refractivity contribution in [3.63, 3.8) is 0 Å². The van der Waals surface area contributed by atoms with E-state index in [4.69, 9.17) is 4.52 Å². The van der Waals surface area contributed by atoms with Gasteiger partial charge in [-0.05, 0) is 6.42 Å². The molecule has 3 heterocycles. The topological polar surface area (TPSA) is 58.3 Å². The molecular formula is C12H17N5OS. The van der Waals surface area contributed by atoms with E-state index in [0.29, 0.717) is 5.89 Å². The lowest BCUT2D eigenvalue weighted by Crippen LogP contribution is -2.30. The predicted molar refractivity (Wildman–Crippen MR) is 73.3 cm³/mol. The Morgan fingerprint density at radius 1 is 1.32 bits per heavy atom. The van der Waals surface area contributed by atoms with E-state index < -0.39 is 0 Å². The molecule has 0 saturated carbocycles. The first-order valence-electron chi connectivity index (χ1n) is 6.47. The van der Waals surface area contributed by atoms with Gasteiger partial charge in [0, 0.05) is 44.7 Å². The highest BCUT2D eigenvalue weighted by molar-refractivity contribution is 7.13. The summed E-state index contributed by atoms with van der Waals surface area (Å²) in [6.45, 7) is 6.73. The summed E-state index contributed by atoms with van der Waals surface area (Å²) in [4.78, 5) is 13.4. The van der Waals surface area contributed by atoms with E-state index in [1.54, 1.807) is 11.3 Å². The maximum atomic E-state index is 5.01. The third-order valence-corrected chi connectivity index (χ3v) is 4.05. The van der Waals surface area contributed by atoms with Gasteiger partial charge in [0.05, 0.1) is 6.54 Å². The summed E-state index contributed by atoms with van der Waals surface area (Å²) in [5, 5.41) is 7.11. The Balaban J connectivity index is 1.58. The molecule has 1 aliphatic rings. The minimum Gasteiger partial charge on any atom is -0.347 e. The van der Waals surface area contributed by atoms with Gasteiger partial charge >= 0.3 is 0 Å². The molecule has 0 N–H and O–H groups in total. The third-order valence-electron chi connectivity index (χ3n) is 3.21. The maximum absolute atomic E-state index is 5.01. The number of hydrogen-bond acceptors (Lipinski definition) is 7. The van der Waals surface area contributed by atoms with Crippen molar-refractivity contribution >= 4 is 16.5 Å². The van der Waals surface area contributed by atoms with Gasteiger partial charge in [-0.1, -0.05) is 5.16 Å². The van der Waals surface area contributed by atoms with Gasteiger partial charge in [0.1, 0.15) is 0 Å². The standard InChI is InChI=1S/C12H17N5OS/c1-10-14-11(15-18-10)9-16-4-2-5-17(7-6-16)12-13-3-8-19-12/h3,8H,2,4-7,9H2,1H3. The van der Waals surface area contributed by atoms with Gasteiger partial charge in [0.2, 0.25) is 5.89 Å². The molecule has 0 aromatic carbocycles. The number of aromatic nitrogens is 3. The summed E-state index contributed by atoms with van der Waals surface area (Å²) >= 11 is 1.70. The van der Waals surface area contributed by atoms with Crippen LogP contribution >= 0.6 is 11.3 Å². The molecule has 0 radical (unpaired) electrons. The fourth-order valence-electron chi connectivity index (χ4n) is 2.30. The van der Waals surface area contributed by atoms with E-state index in [-0.39, 0.29) is 0 Å². The van der Waals surface area contributed by atoms with Crippen LogP contribution in [0.5, 0.6) is 0 Å². The smallest absolute Gasteiger partial charge is 0.223 e. The highest BCUT2D eigenvalue weighted by Crippen LogP contribution is 2.19. The van der Waals surface area contributed by atoms with Gasteiger partial charge in [0.15, 0.2) is 11.0 Å². The Hall–Kier alpha value is -1.47. The Labute approximate surface area is 116 Å². The first kappa shape index (κ1) is 12.6. The largest absolute Gasteiger partial charge is 0.347 e. The van der Waals surface area contributed by atoms with E-state index in [1.807, 2.05) is 18.5 Å². The predicted octanol–water partition coefficient (Wildman–Crippen LogP) is 1.55. The molecule has 0 atom stereocenters. The molecule has 1 fully saturated rings. The number of thiazole rings is 1. The molecule has 102 valence electrons. The number of rotatable bonds is 3. The molecule has 6 nitrogen and oxygen atoms in total. The fraction of sp³-hybridized carbons (Fsp3) is 0.583. The van der Waals surface area contributed by atoms with Gasteiger partial charge in [-0.3, -0.25) is 4.90 Å². The number of aryl methyl sites for hydroxylation is 1. The van der Waals surface area contributed by atoms with Crippen molar-refractivity contribution < 1.29 is 4.52 Å². The van der Waals surface area contributed by atoms with Crippen molar-refractivity contribution in [3.05, 3.63) is 23.3 Å². The molecular weight excluding hydrogens is 262 g/mol. The molecule has 2 aromatic rings. The van der Waals surface area contributed by atoms with Crippen LogP contribution in [0, 0.1) is 6.92 Å². The zero-order chi connectivity index (χ0) is 13.1. The van der Waals surface area contributed by atoms with Crippen LogP contribution in [0.1, 0.15) is 18.1 Å². The minimum atomic E-state index is 0.634. The summed E-state index contributed by atoms with van der Waals surface area (Å²) in [6, 6.07) is 0. The molecule has 1 aliphatic heterocycles. The maximum Gasteiger partial charge on any atom is 0.223 e. The number of hydrogen-bond donors (Lipinski definition) is 0. The Morgan fingerprint density at radius 2 is 2.26 bits per heavy atom. The first-order valence-corrected chi connectivity index (χ1v) is 7.35. The SMILES string of the molecule is Cc1nc(CN2CCCN(c3nccs3)CC2)no1. The fourth-order valence-corrected chi connectivity index (χ4v) is 2.99. The van der Waals surface area contributed by atoms with Gasteiger partial charge in [0.25, 0.3) is 0 Å². The molecule has 1 saturated heterocycles. The Morgan fingerprint density at radius 3 is 3.00 bits per heavy atom.